The Bertz CT molecular complexity index is 959. The summed E-state index contributed by atoms with van der Waals surface area (Å²) in [4.78, 5) is 43.0. The van der Waals surface area contributed by atoms with E-state index in [4.69, 9.17) is 23.2 Å². The van der Waals surface area contributed by atoms with Gasteiger partial charge in [-0.3, -0.25) is 19.3 Å². The highest BCUT2D eigenvalue weighted by molar-refractivity contribution is 6.42. The van der Waals surface area contributed by atoms with Crippen LogP contribution in [-0.2, 0) is 9.59 Å². The normalized spacial score (nSPS) is 20.4. The van der Waals surface area contributed by atoms with Crippen molar-refractivity contribution in [1.29, 1.82) is 0 Å². The molecule has 0 aromatic heterocycles. The van der Waals surface area contributed by atoms with Gasteiger partial charge in [0.15, 0.2) is 0 Å². The summed E-state index contributed by atoms with van der Waals surface area (Å²) in [5, 5.41) is 0.659. The first-order chi connectivity index (χ1) is 14.0. The Kier molecular flexibility index (Phi) is 5.58. The van der Waals surface area contributed by atoms with E-state index in [0.29, 0.717) is 47.5 Å². The smallest absolute Gasteiger partial charge is 0.253 e. The number of halogens is 2. The second-order valence-electron chi connectivity index (χ2n) is 7.08. The maximum atomic E-state index is 13.0. The van der Waals surface area contributed by atoms with Crippen LogP contribution in [-0.4, -0.2) is 59.7 Å². The quantitative estimate of drug-likeness (QED) is 0.700. The summed E-state index contributed by atoms with van der Waals surface area (Å²) in [6.45, 7) is 2.10. The van der Waals surface area contributed by atoms with E-state index in [-0.39, 0.29) is 24.1 Å². The summed E-state index contributed by atoms with van der Waals surface area (Å²) < 4.78 is 0. The molecule has 29 heavy (non-hydrogen) atoms. The molecule has 0 radical (unpaired) electrons. The van der Waals surface area contributed by atoms with Crippen molar-refractivity contribution in [1.82, 2.24) is 9.80 Å². The van der Waals surface area contributed by atoms with Gasteiger partial charge in [-0.15, -0.1) is 0 Å². The third-order valence-corrected chi connectivity index (χ3v) is 6.09. The third-order valence-electron chi connectivity index (χ3n) is 5.35. The molecule has 2 fully saturated rings. The second kappa shape index (κ2) is 8.14. The van der Waals surface area contributed by atoms with Crippen molar-refractivity contribution in [2.75, 3.05) is 31.1 Å². The van der Waals surface area contributed by atoms with Crippen molar-refractivity contribution < 1.29 is 14.4 Å². The van der Waals surface area contributed by atoms with Gasteiger partial charge in [0.2, 0.25) is 5.91 Å². The molecule has 8 heteroatoms. The number of carbonyl (C=O) groups is 3. The van der Waals surface area contributed by atoms with E-state index in [1.54, 1.807) is 29.2 Å². The van der Waals surface area contributed by atoms with Crippen molar-refractivity contribution in [3.8, 4) is 0 Å². The fourth-order valence-corrected chi connectivity index (χ4v) is 4.09. The number of rotatable bonds is 3. The minimum atomic E-state index is -0.522. The van der Waals surface area contributed by atoms with Crippen LogP contribution in [0.1, 0.15) is 16.8 Å². The van der Waals surface area contributed by atoms with Gasteiger partial charge in [-0.05, 0) is 30.3 Å². The lowest BCUT2D eigenvalue weighted by Gasteiger charge is -2.37. The number of imide groups is 1. The fraction of sp³-hybridized carbons (Fsp3) is 0.286. The van der Waals surface area contributed by atoms with E-state index in [9.17, 15) is 14.4 Å². The number of anilines is 1. The van der Waals surface area contributed by atoms with E-state index < -0.39 is 6.04 Å². The second-order valence-corrected chi connectivity index (χ2v) is 7.89. The molecule has 2 heterocycles. The van der Waals surface area contributed by atoms with Gasteiger partial charge in [-0.1, -0.05) is 41.4 Å². The summed E-state index contributed by atoms with van der Waals surface area (Å²) in [6, 6.07) is 13.3. The SMILES string of the molecule is O=C(c1ccccc1)N1CCN([C@@H]2CC(=O)N(c3ccc(Cl)c(Cl)c3)C2=O)CC1. The van der Waals surface area contributed by atoms with Crippen molar-refractivity contribution in [3.63, 3.8) is 0 Å². The number of amides is 3. The lowest BCUT2D eigenvalue weighted by Crippen LogP contribution is -2.53. The van der Waals surface area contributed by atoms with Crippen molar-refractivity contribution in [2.45, 2.75) is 12.5 Å². The lowest BCUT2D eigenvalue weighted by molar-refractivity contribution is -0.123. The van der Waals surface area contributed by atoms with Gasteiger partial charge < -0.3 is 4.90 Å². The van der Waals surface area contributed by atoms with Crippen LogP contribution in [0, 0.1) is 0 Å². The highest BCUT2D eigenvalue weighted by atomic mass is 35.5. The van der Waals surface area contributed by atoms with Crippen LogP contribution in [0.5, 0.6) is 0 Å². The van der Waals surface area contributed by atoms with Gasteiger partial charge in [-0.25, -0.2) is 4.90 Å². The molecule has 1 atom stereocenters. The molecule has 0 unspecified atom stereocenters. The van der Waals surface area contributed by atoms with Crippen LogP contribution in [0.4, 0.5) is 5.69 Å². The standard InChI is InChI=1S/C21H19Cl2N3O3/c22-16-7-6-15(12-17(16)23)26-19(27)13-18(21(26)29)24-8-10-25(11-9-24)20(28)14-4-2-1-3-5-14/h1-7,12,18H,8-11,13H2/t18-/m1/s1. The van der Waals surface area contributed by atoms with Gasteiger partial charge in [0, 0.05) is 31.7 Å². The number of nitrogens with zero attached hydrogens (tertiary/aromatic N) is 3. The van der Waals surface area contributed by atoms with Crippen LogP contribution in [0.15, 0.2) is 48.5 Å². The zero-order valence-electron chi connectivity index (χ0n) is 15.6. The predicted molar refractivity (Wildman–Crippen MR) is 111 cm³/mol. The topological polar surface area (TPSA) is 60.9 Å². The first-order valence-corrected chi connectivity index (χ1v) is 10.1. The average Bonchev–Trinajstić information content (AvgIpc) is 3.04. The minimum Gasteiger partial charge on any atom is -0.336 e. The highest BCUT2D eigenvalue weighted by Crippen LogP contribution is 2.31. The average molecular weight is 432 g/mol. The molecule has 3 amide bonds. The summed E-state index contributed by atoms with van der Waals surface area (Å²) in [5.74, 6) is -0.547. The van der Waals surface area contributed by atoms with Crippen molar-refractivity contribution in [2.24, 2.45) is 0 Å². The highest BCUT2D eigenvalue weighted by Gasteiger charge is 2.43. The van der Waals surface area contributed by atoms with Gasteiger partial charge >= 0.3 is 0 Å². The first kappa shape index (κ1) is 19.9. The fourth-order valence-electron chi connectivity index (χ4n) is 3.80. The van der Waals surface area contributed by atoms with Crippen LogP contribution < -0.4 is 4.90 Å². The van der Waals surface area contributed by atoms with Gasteiger partial charge in [-0.2, -0.15) is 0 Å². The molecule has 2 aromatic carbocycles. The van der Waals surface area contributed by atoms with Crippen molar-refractivity contribution in [3.05, 3.63) is 64.1 Å². The maximum Gasteiger partial charge on any atom is 0.253 e. The van der Waals surface area contributed by atoms with Crippen LogP contribution in [0.3, 0.4) is 0 Å². The number of hydrogen-bond acceptors (Lipinski definition) is 4. The minimum absolute atomic E-state index is 0.0171. The monoisotopic (exact) mass is 431 g/mol. The number of carbonyl (C=O) groups excluding carboxylic acids is 3. The molecular weight excluding hydrogens is 413 g/mol. The number of benzene rings is 2. The molecular formula is C21H19Cl2N3O3. The molecule has 6 nitrogen and oxygen atoms in total. The molecule has 0 bridgehead atoms. The van der Waals surface area contributed by atoms with E-state index in [1.165, 1.54) is 11.0 Å². The Balaban J connectivity index is 1.42. The summed E-state index contributed by atoms with van der Waals surface area (Å²) in [6.07, 6.45) is 0.117. The zero-order valence-corrected chi connectivity index (χ0v) is 17.1. The molecule has 150 valence electrons. The Hall–Kier alpha value is -2.41. The molecule has 2 aromatic rings. The molecule has 0 N–H and O–H groups in total. The molecule has 4 rings (SSSR count). The summed E-state index contributed by atoms with van der Waals surface area (Å²) in [5.41, 5.74) is 1.08. The maximum absolute atomic E-state index is 13.0. The first-order valence-electron chi connectivity index (χ1n) is 9.36. The van der Waals surface area contributed by atoms with Crippen molar-refractivity contribution >= 4 is 46.6 Å². The Morgan fingerprint density at radius 1 is 0.897 bits per heavy atom. The predicted octanol–water partition coefficient (Wildman–Crippen LogP) is 3.08. The van der Waals surface area contributed by atoms with Crippen LogP contribution >= 0.6 is 23.2 Å². The lowest BCUT2D eigenvalue weighted by atomic mass is 10.1. The summed E-state index contributed by atoms with van der Waals surface area (Å²) in [7, 11) is 0. The van der Waals surface area contributed by atoms with Crippen LogP contribution in [0.25, 0.3) is 0 Å². The molecule has 0 spiro atoms. The summed E-state index contributed by atoms with van der Waals surface area (Å²) >= 11 is 12.0. The van der Waals surface area contributed by atoms with Gasteiger partial charge in [0.25, 0.3) is 11.8 Å². The zero-order chi connectivity index (χ0) is 20.5. The van der Waals surface area contributed by atoms with E-state index in [2.05, 4.69) is 0 Å². The Morgan fingerprint density at radius 2 is 1.59 bits per heavy atom. The molecule has 2 aliphatic heterocycles. The largest absolute Gasteiger partial charge is 0.336 e. The Labute approximate surface area is 178 Å². The molecule has 2 aliphatic rings. The number of piperazine rings is 1. The van der Waals surface area contributed by atoms with Gasteiger partial charge in [0.1, 0.15) is 0 Å². The van der Waals surface area contributed by atoms with Gasteiger partial charge in [0.05, 0.1) is 28.2 Å². The van der Waals surface area contributed by atoms with E-state index >= 15 is 0 Å². The third kappa shape index (κ3) is 3.88. The molecule has 0 saturated carbocycles. The molecule has 0 aliphatic carbocycles. The molecule has 2 saturated heterocycles. The van der Waals surface area contributed by atoms with E-state index in [0.717, 1.165) is 0 Å². The Morgan fingerprint density at radius 3 is 2.24 bits per heavy atom. The van der Waals surface area contributed by atoms with E-state index in [1.807, 2.05) is 23.1 Å². The number of hydrogen-bond donors (Lipinski definition) is 0. The van der Waals surface area contributed by atoms with Crippen LogP contribution in [0.2, 0.25) is 10.0 Å².